The third kappa shape index (κ3) is 5.25. The molecule has 2 rings (SSSR count). The minimum atomic E-state index is 0.574. The lowest BCUT2D eigenvalue weighted by Crippen LogP contribution is -2.00. The third-order valence-corrected chi connectivity index (χ3v) is 3.99. The predicted molar refractivity (Wildman–Crippen MR) is 102 cm³/mol. The predicted octanol–water partition coefficient (Wildman–Crippen LogP) is 5.46. The van der Waals surface area contributed by atoms with E-state index in [9.17, 15) is 0 Å². The topological polar surface area (TPSA) is 42.8 Å². The van der Waals surface area contributed by atoms with E-state index in [-0.39, 0.29) is 0 Å². The number of nitrogens with one attached hydrogen (secondary N) is 1. The van der Waals surface area contributed by atoms with Gasteiger partial charge < -0.3 is 9.47 Å². The van der Waals surface area contributed by atoms with Crippen LogP contribution in [0, 0.1) is 0 Å². The van der Waals surface area contributed by atoms with Crippen molar-refractivity contribution >= 4 is 43.8 Å². The van der Waals surface area contributed by atoms with Gasteiger partial charge in [-0.25, -0.2) is 0 Å². The number of halogens is 2. The molecule has 4 nitrogen and oxygen atoms in total. The highest BCUT2D eigenvalue weighted by Gasteiger charge is 2.11. The third-order valence-electron chi connectivity index (χ3n) is 2.87. The Morgan fingerprint density at radius 1 is 1.04 bits per heavy atom. The van der Waals surface area contributed by atoms with Crippen molar-refractivity contribution in [3.05, 3.63) is 50.9 Å². The average molecular weight is 442 g/mol. The number of benzene rings is 2. The molecule has 0 spiro atoms. The van der Waals surface area contributed by atoms with Crippen LogP contribution < -0.4 is 14.9 Å². The molecule has 122 valence electrons. The molecule has 2 aromatic carbocycles. The second-order valence-electron chi connectivity index (χ2n) is 4.57. The Hall–Kier alpha value is -1.53. The molecular formula is C17H18Br2N2O2. The summed E-state index contributed by atoms with van der Waals surface area (Å²) in [6.07, 6.45) is 1.74. The zero-order valence-electron chi connectivity index (χ0n) is 13.0. The number of nitrogens with zero attached hydrogens (tertiary/aromatic N) is 1. The summed E-state index contributed by atoms with van der Waals surface area (Å²) in [7, 11) is 0. The number of hydrazone groups is 1. The molecule has 0 aromatic heterocycles. The zero-order chi connectivity index (χ0) is 16.7. The first-order chi connectivity index (χ1) is 11.1. The fourth-order valence-corrected chi connectivity index (χ4v) is 2.75. The number of ether oxygens (including phenoxy) is 2. The van der Waals surface area contributed by atoms with Gasteiger partial charge in [-0.3, -0.25) is 5.43 Å². The van der Waals surface area contributed by atoms with Gasteiger partial charge in [0.25, 0.3) is 0 Å². The summed E-state index contributed by atoms with van der Waals surface area (Å²) in [5, 5.41) is 4.25. The molecule has 23 heavy (non-hydrogen) atoms. The summed E-state index contributed by atoms with van der Waals surface area (Å²) >= 11 is 6.92. The molecule has 0 aliphatic heterocycles. The van der Waals surface area contributed by atoms with E-state index >= 15 is 0 Å². The molecule has 0 heterocycles. The van der Waals surface area contributed by atoms with Crippen molar-refractivity contribution in [1.82, 2.24) is 0 Å². The summed E-state index contributed by atoms with van der Waals surface area (Å²) in [5.74, 6) is 1.42. The van der Waals surface area contributed by atoms with Crippen LogP contribution in [0.3, 0.4) is 0 Å². The molecule has 0 aliphatic rings. The maximum absolute atomic E-state index is 5.65. The first kappa shape index (κ1) is 17.8. The van der Waals surface area contributed by atoms with Gasteiger partial charge in [-0.1, -0.05) is 15.9 Å². The quantitative estimate of drug-likeness (QED) is 0.458. The van der Waals surface area contributed by atoms with E-state index in [0.29, 0.717) is 24.7 Å². The van der Waals surface area contributed by atoms with Gasteiger partial charge in [-0.15, -0.1) is 0 Å². The van der Waals surface area contributed by atoms with Crippen LogP contribution >= 0.6 is 31.9 Å². The Morgan fingerprint density at radius 3 is 2.39 bits per heavy atom. The molecule has 0 aliphatic carbocycles. The highest BCUT2D eigenvalue weighted by molar-refractivity contribution is 9.10. The Morgan fingerprint density at radius 2 is 1.74 bits per heavy atom. The second-order valence-corrected chi connectivity index (χ2v) is 6.34. The van der Waals surface area contributed by atoms with Gasteiger partial charge in [-0.2, -0.15) is 5.10 Å². The van der Waals surface area contributed by atoms with Crippen molar-refractivity contribution in [3.63, 3.8) is 0 Å². The number of rotatable bonds is 7. The van der Waals surface area contributed by atoms with E-state index < -0.39 is 0 Å². The van der Waals surface area contributed by atoms with Crippen molar-refractivity contribution < 1.29 is 9.47 Å². The maximum atomic E-state index is 5.65. The summed E-state index contributed by atoms with van der Waals surface area (Å²) in [6.45, 7) is 5.04. The van der Waals surface area contributed by atoms with E-state index in [2.05, 4.69) is 42.4 Å². The van der Waals surface area contributed by atoms with Crippen molar-refractivity contribution in [2.45, 2.75) is 13.8 Å². The Labute approximate surface area is 153 Å². The van der Waals surface area contributed by atoms with Crippen LogP contribution in [0.1, 0.15) is 19.4 Å². The van der Waals surface area contributed by atoms with Crippen LogP contribution in [-0.4, -0.2) is 19.4 Å². The van der Waals surface area contributed by atoms with Crippen LogP contribution in [0.2, 0.25) is 0 Å². The average Bonchev–Trinajstić information content (AvgIpc) is 2.53. The lowest BCUT2D eigenvalue weighted by atomic mass is 10.2. The SMILES string of the molecule is CCOc1cc(/C=N\Nc2ccc(Br)cc2)cc(Br)c1OCC. The maximum Gasteiger partial charge on any atom is 0.175 e. The smallest absolute Gasteiger partial charge is 0.175 e. The van der Waals surface area contributed by atoms with Gasteiger partial charge in [0, 0.05) is 4.47 Å². The fourth-order valence-electron chi connectivity index (χ4n) is 1.92. The number of hydrogen-bond acceptors (Lipinski definition) is 4. The van der Waals surface area contributed by atoms with Crippen molar-refractivity contribution in [1.29, 1.82) is 0 Å². The van der Waals surface area contributed by atoms with E-state index in [1.54, 1.807) is 6.21 Å². The largest absolute Gasteiger partial charge is 0.490 e. The van der Waals surface area contributed by atoms with E-state index in [4.69, 9.17) is 9.47 Å². The first-order valence-electron chi connectivity index (χ1n) is 7.27. The van der Waals surface area contributed by atoms with Gasteiger partial charge >= 0.3 is 0 Å². The molecule has 0 unspecified atom stereocenters. The molecule has 0 bridgehead atoms. The molecule has 0 atom stereocenters. The molecular weight excluding hydrogens is 424 g/mol. The zero-order valence-corrected chi connectivity index (χ0v) is 16.1. The molecule has 0 fully saturated rings. The van der Waals surface area contributed by atoms with Gasteiger partial charge in [0.05, 0.1) is 29.6 Å². The van der Waals surface area contributed by atoms with Gasteiger partial charge in [0.2, 0.25) is 0 Å². The van der Waals surface area contributed by atoms with Crippen LogP contribution in [0.15, 0.2) is 50.4 Å². The number of hydrogen-bond donors (Lipinski definition) is 1. The lowest BCUT2D eigenvalue weighted by molar-refractivity contribution is 0.286. The van der Waals surface area contributed by atoms with Gasteiger partial charge in [0.15, 0.2) is 11.5 Å². The minimum absolute atomic E-state index is 0.574. The molecule has 0 radical (unpaired) electrons. The monoisotopic (exact) mass is 440 g/mol. The lowest BCUT2D eigenvalue weighted by Gasteiger charge is -2.13. The van der Waals surface area contributed by atoms with E-state index in [1.165, 1.54) is 0 Å². The van der Waals surface area contributed by atoms with E-state index in [0.717, 1.165) is 20.2 Å². The minimum Gasteiger partial charge on any atom is -0.490 e. The Balaban J connectivity index is 2.15. The molecule has 1 N–H and O–H groups in total. The summed E-state index contributed by atoms with van der Waals surface area (Å²) in [6, 6.07) is 11.7. The molecule has 2 aromatic rings. The molecule has 0 saturated heterocycles. The van der Waals surface area contributed by atoms with Crippen LogP contribution in [0.4, 0.5) is 5.69 Å². The Bertz CT molecular complexity index is 673. The fraction of sp³-hybridized carbons (Fsp3) is 0.235. The Kier molecular flexibility index (Phi) is 6.92. The van der Waals surface area contributed by atoms with Crippen molar-refractivity contribution in [2.24, 2.45) is 5.10 Å². The van der Waals surface area contributed by atoms with Crippen LogP contribution in [0.25, 0.3) is 0 Å². The van der Waals surface area contributed by atoms with Crippen LogP contribution in [-0.2, 0) is 0 Å². The van der Waals surface area contributed by atoms with Crippen LogP contribution in [0.5, 0.6) is 11.5 Å². The van der Waals surface area contributed by atoms with Gasteiger partial charge in [0.1, 0.15) is 0 Å². The number of anilines is 1. The summed E-state index contributed by atoms with van der Waals surface area (Å²) in [4.78, 5) is 0. The first-order valence-corrected chi connectivity index (χ1v) is 8.86. The normalized spacial score (nSPS) is 10.8. The van der Waals surface area contributed by atoms with Crippen molar-refractivity contribution in [2.75, 3.05) is 18.6 Å². The molecule has 6 heteroatoms. The second kappa shape index (κ2) is 8.93. The standard InChI is InChI=1S/C17H18Br2N2O2/c1-3-22-16-10-12(9-15(19)17(16)23-4-2)11-20-21-14-7-5-13(18)6-8-14/h5-11,21H,3-4H2,1-2H3/b20-11-. The van der Waals surface area contributed by atoms with Crippen molar-refractivity contribution in [3.8, 4) is 11.5 Å². The molecule has 0 amide bonds. The highest BCUT2D eigenvalue weighted by Crippen LogP contribution is 2.36. The summed E-state index contributed by atoms with van der Waals surface area (Å²) in [5.41, 5.74) is 4.82. The summed E-state index contributed by atoms with van der Waals surface area (Å²) < 4.78 is 13.1. The van der Waals surface area contributed by atoms with E-state index in [1.807, 2.05) is 50.2 Å². The van der Waals surface area contributed by atoms with Gasteiger partial charge in [-0.05, 0) is 71.7 Å². The molecule has 0 saturated carbocycles. The highest BCUT2D eigenvalue weighted by atomic mass is 79.9.